The van der Waals surface area contributed by atoms with Gasteiger partial charge in [0.1, 0.15) is 5.82 Å². The zero-order valence-corrected chi connectivity index (χ0v) is 14.0. The first-order chi connectivity index (χ1) is 11.2. The van der Waals surface area contributed by atoms with Crippen molar-refractivity contribution in [3.63, 3.8) is 0 Å². The van der Waals surface area contributed by atoms with Gasteiger partial charge in [-0.25, -0.2) is 4.39 Å². The maximum Gasteiger partial charge on any atom is 0.244 e. The molecule has 0 unspecified atom stereocenters. The minimum atomic E-state index is -0.188. The third-order valence-corrected chi connectivity index (χ3v) is 4.43. The van der Waals surface area contributed by atoms with Crippen LogP contribution in [0.25, 0.3) is 6.08 Å². The lowest BCUT2D eigenvalue weighted by Gasteiger charge is -2.04. The van der Waals surface area contributed by atoms with Crippen LogP contribution in [0.1, 0.15) is 11.1 Å². The molecule has 0 saturated heterocycles. The summed E-state index contributed by atoms with van der Waals surface area (Å²) >= 11 is 7.59. The van der Waals surface area contributed by atoms with Gasteiger partial charge in [-0.15, -0.1) is 0 Å². The Balaban J connectivity index is 1.67. The number of rotatable bonds is 7. The number of benzene rings is 2. The summed E-state index contributed by atoms with van der Waals surface area (Å²) in [5, 5.41) is 3.40. The maximum absolute atomic E-state index is 13.4. The lowest BCUT2D eigenvalue weighted by Crippen LogP contribution is -2.23. The van der Waals surface area contributed by atoms with Crippen LogP contribution in [0.5, 0.6) is 0 Å². The predicted octanol–water partition coefficient (Wildman–Crippen LogP) is 4.54. The van der Waals surface area contributed by atoms with Gasteiger partial charge in [0.15, 0.2) is 0 Å². The Kier molecular flexibility index (Phi) is 7.17. The van der Waals surface area contributed by atoms with Crippen molar-refractivity contribution < 1.29 is 9.18 Å². The highest BCUT2D eigenvalue weighted by Crippen LogP contribution is 2.16. The normalized spacial score (nSPS) is 10.9. The number of hydrogen-bond donors (Lipinski definition) is 1. The average Bonchev–Trinajstić information content (AvgIpc) is 2.55. The molecular weight excluding hydrogens is 333 g/mol. The van der Waals surface area contributed by atoms with Crippen molar-refractivity contribution >= 4 is 35.3 Å². The molecule has 0 spiro atoms. The van der Waals surface area contributed by atoms with E-state index in [-0.39, 0.29) is 11.7 Å². The molecule has 5 heteroatoms. The fraction of sp³-hybridized carbons (Fsp3) is 0.167. The fourth-order valence-electron chi connectivity index (χ4n) is 1.88. The lowest BCUT2D eigenvalue weighted by molar-refractivity contribution is -0.116. The highest BCUT2D eigenvalue weighted by molar-refractivity contribution is 7.98. The van der Waals surface area contributed by atoms with E-state index in [0.717, 1.165) is 11.3 Å². The minimum Gasteiger partial charge on any atom is -0.352 e. The van der Waals surface area contributed by atoms with Crippen molar-refractivity contribution in [1.29, 1.82) is 0 Å². The molecule has 1 amide bonds. The Morgan fingerprint density at radius 1 is 1.17 bits per heavy atom. The molecule has 23 heavy (non-hydrogen) atoms. The zero-order chi connectivity index (χ0) is 16.5. The van der Waals surface area contributed by atoms with E-state index in [1.165, 1.54) is 12.1 Å². The van der Waals surface area contributed by atoms with Crippen LogP contribution < -0.4 is 5.32 Å². The quantitative estimate of drug-likeness (QED) is 0.587. The molecule has 0 atom stereocenters. The largest absolute Gasteiger partial charge is 0.352 e. The van der Waals surface area contributed by atoms with E-state index in [2.05, 4.69) is 5.32 Å². The Morgan fingerprint density at radius 3 is 2.70 bits per heavy atom. The van der Waals surface area contributed by atoms with Crippen LogP contribution in [0.15, 0.2) is 54.6 Å². The Hall–Kier alpha value is -1.78. The van der Waals surface area contributed by atoms with E-state index < -0.39 is 0 Å². The number of hydrogen-bond acceptors (Lipinski definition) is 2. The molecule has 1 N–H and O–H groups in total. The van der Waals surface area contributed by atoms with Crippen molar-refractivity contribution in [2.75, 3.05) is 12.3 Å². The Labute approximate surface area is 144 Å². The zero-order valence-electron chi connectivity index (χ0n) is 12.5. The van der Waals surface area contributed by atoms with Gasteiger partial charge in [-0.3, -0.25) is 4.79 Å². The summed E-state index contributed by atoms with van der Waals surface area (Å²) < 4.78 is 13.4. The van der Waals surface area contributed by atoms with Gasteiger partial charge in [0.25, 0.3) is 0 Å². The van der Waals surface area contributed by atoms with Gasteiger partial charge in [-0.2, -0.15) is 11.8 Å². The molecule has 2 aromatic rings. The van der Waals surface area contributed by atoms with Gasteiger partial charge < -0.3 is 5.32 Å². The first-order valence-electron chi connectivity index (χ1n) is 7.18. The number of halogens is 2. The number of carbonyl (C=O) groups excluding carboxylic acids is 1. The highest BCUT2D eigenvalue weighted by atomic mass is 35.5. The van der Waals surface area contributed by atoms with Gasteiger partial charge in [0.2, 0.25) is 5.91 Å². The Morgan fingerprint density at radius 2 is 1.91 bits per heavy atom. The summed E-state index contributed by atoms with van der Waals surface area (Å²) in [7, 11) is 0. The first-order valence-corrected chi connectivity index (χ1v) is 8.71. The SMILES string of the molecule is O=C(/C=C/c1ccccc1Cl)NCCSCc1ccccc1F. The molecule has 0 heterocycles. The maximum atomic E-state index is 13.4. The van der Waals surface area contributed by atoms with E-state index in [9.17, 15) is 9.18 Å². The Bertz CT molecular complexity index is 690. The number of amides is 1. The van der Waals surface area contributed by atoms with Crippen LogP contribution in [0, 0.1) is 5.82 Å². The van der Waals surface area contributed by atoms with Gasteiger partial charge in [0.05, 0.1) is 0 Å². The molecule has 0 radical (unpaired) electrons. The summed E-state index contributed by atoms with van der Waals surface area (Å²) in [4.78, 5) is 11.7. The van der Waals surface area contributed by atoms with Crippen molar-refractivity contribution in [3.8, 4) is 0 Å². The number of thioether (sulfide) groups is 1. The number of carbonyl (C=O) groups is 1. The molecule has 0 aliphatic heterocycles. The molecule has 2 nitrogen and oxygen atoms in total. The highest BCUT2D eigenvalue weighted by Gasteiger charge is 2.01. The third-order valence-electron chi connectivity index (χ3n) is 3.08. The fourth-order valence-corrected chi connectivity index (χ4v) is 2.92. The third kappa shape index (κ3) is 6.08. The average molecular weight is 350 g/mol. The van der Waals surface area contributed by atoms with Crippen LogP contribution in [0.2, 0.25) is 5.02 Å². The molecule has 0 aliphatic rings. The molecule has 0 fully saturated rings. The molecule has 0 bridgehead atoms. The van der Waals surface area contributed by atoms with Crippen molar-refractivity contribution in [2.24, 2.45) is 0 Å². The van der Waals surface area contributed by atoms with Gasteiger partial charge in [0, 0.05) is 29.1 Å². The molecule has 0 aliphatic carbocycles. The molecule has 2 rings (SSSR count). The molecule has 0 saturated carbocycles. The van der Waals surface area contributed by atoms with Crippen molar-refractivity contribution in [3.05, 3.63) is 76.6 Å². The lowest BCUT2D eigenvalue weighted by atomic mass is 10.2. The topological polar surface area (TPSA) is 29.1 Å². The van der Waals surface area contributed by atoms with Crippen LogP contribution in [0.3, 0.4) is 0 Å². The smallest absolute Gasteiger partial charge is 0.244 e. The first kappa shape index (κ1) is 17.6. The minimum absolute atomic E-state index is 0.170. The van der Waals surface area contributed by atoms with Crippen LogP contribution in [0.4, 0.5) is 4.39 Å². The van der Waals surface area contributed by atoms with E-state index in [4.69, 9.17) is 11.6 Å². The van der Waals surface area contributed by atoms with Gasteiger partial charge in [-0.05, 0) is 29.3 Å². The molecule has 0 aromatic heterocycles. The van der Waals surface area contributed by atoms with E-state index in [1.807, 2.05) is 24.3 Å². The standard InChI is InChI=1S/C18H17ClFNOS/c19-16-7-3-1-5-14(16)9-10-18(22)21-11-12-23-13-15-6-2-4-8-17(15)20/h1-10H,11-13H2,(H,21,22)/b10-9+. The summed E-state index contributed by atoms with van der Waals surface area (Å²) in [6.45, 7) is 0.533. The molecule has 120 valence electrons. The van der Waals surface area contributed by atoms with E-state index >= 15 is 0 Å². The summed E-state index contributed by atoms with van der Waals surface area (Å²) in [5.41, 5.74) is 1.49. The van der Waals surface area contributed by atoms with Crippen molar-refractivity contribution in [1.82, 2.24) is 5.32 Å². The monoisotopic (exact) mass is 349 g/mol. The second kappa shape index (κ2) is 9.38. The van der Waals surface area contributed by atoms with E-state index in [0.29, 0.717) is 22.9 Å². The second-order valence-electron chi connectivity index (χ2n) is 4.79. The molecule has 2 aromatic carbocycles. The van der Waals surface area contributed by atoms with Crippen LogP contribution in [-0.2, 0) is 10.5 Å². The van der Waals surface area contributed by atoms with Crippen LogP contribution in [-0.4, -0.2) is 18.2 Å². The summed E-state index contributed by atoms with van der Waals surface area (Å²) in [6.07, 6.45) is 3.15. The van der Waals surface area contributed by atoms with E-state index in [1.54, 1.807) is 36.0 Å². The van der Waals surface area contributed by atoms with Crippen molar-refractivity contribution in [2.45, 2.75) is 5.75 Å². The number of nitrogens with one attached hydrogen (secondary N) is 1. The predicted molar refractivity (Wildman–Crippen MR) is 96.1 cm³/mol. The summed E-state index contributed by atoms with van der Waals surface area (Å²) in [6, 6.07) is 14.0. The van der Waals surface area contributed by atoms with Gasteiger partial charge >= 0.3 is 0 Å². The summed E-state index contributed by atoms with van der Waals surface area (Å²) in [5.74, 6) is 0.959. The second-order valence-corrected chi connectivity index (χ2v) is 6.30. The van der Waals surface area contributed by atoms with Crippen LogP contribution >= 0.6 is 23.4 Å². The molecular formula is C18H17ClFNOS. The van der Waals surface area contributed by atoms with Gasteiger partial charge in [-0.1, -0.05) is 48.0 Å².